The van der Waals surface area contributed by atoms with Gasteiger partial charge in [0.1, 0.15) is 11.6 Å². The van der Waals surface area contributed by atoms with Crippen molar-refractivity contribution in [1.82, 2.24) is 19.7 Å². The zero-order chi connectivity index (χ0) is 14.0. The zero-order valence-corrected chi connectivity index (χ0v) is 12.2. The summed E-state index contributed by atoms with van der Waals surface area (Å²) in [6.45, 7) is 9.17. The van der Waals surface area contributed by atoms with Crippen LogP contribution in [-0.4, -0.2) is 26.3 Å². The first-order valence-corrected chi connectivity index (χ1v) is 6.65. The van der Waals surface area contributed by atoms with Crippen LogP contribution in [0.15, 0.2) is 12.3 Å². The van der Waals surface area contributed by atoms with Crippen molar-refractivity contribution in [2.24, 2.45) is 7.05 Å². The lowest BCUT2D eigenvalue weighted by Crippen LogP contribution is -2.10. The average Bonchev–Trinajstić information content (AvgIpc) is 2.78. The maximum Gasteiger partial charge on any atom is 0.134 e. The summed E-state index contributed by atoms with van der Waals surface area (Å²) in [6.07, 6.45) is 1.79. The maximum atomic E-state index is 4.71. The highest BCUT2D eigenvalue weighted by molar-refractivity contribution is 5.65. The van der Waals surface area contributed by atoms with Crippen LogP contribution < -0.4 is 5.32 Å². The van der Waals surface area contributed by atoms with Crippen LogP contribution in [-0.2, 0) is 7.05 Å². The fraction of sp³-hybridized carbons (Fsp3) is 0.500. The number of hydrogen-bond donors (Lipinski definition) is 1. The number of hydrogen-bond acceptors (Lipinski definition) is 4. The Morgan fingerprint density at radius 2 is 2.05 bits per heavy atom. The quantitative estimate of drug-likeness (QED) is 0.917. The van der Waals surface area contributed by atoms with Gasteiger partial charge in [-0.2, -0.15) is 5.10 Å². The van der Waals surface area contributed by atoms with Crippen LogP contribution in [0.3, 0.4) is 0 Å². The van der Waals surface area contributed by atoms with Gasteiger partial charge < -0.3 is 5.32 Å². The van der Waals surface area contributed by atoms with Crippen LogP contribution in [0.4, 0.5) is 5.82 Å². The van der Waals surface area contributed by atoms with E-state index in [9.17, 15) is 0 Å². The molecule has 19 heavy (non-hydrogen) atoms. The first kappa shape index (κ1) is 13.5. The third kappa shape index (κ3) is 2.59. The lowest BCUT2D eigenvalue weighted by atomic mass is 10.1. The van der Waals surface area contributed by atoms with Gasteiger partial charge in [-0.3, -0.25) is 4.68 Å². The van der Waals surface area contributed by atoms with Crippen LogP contribution in [0.2, 0.25) is 0 Å². The van der Waals surface area contributed by atoms with Crippen LogP contribution in [0, 0.1) is 6.92 Å². The van der Waals surface area contributed by atoms with Crippen LogP contribution in [0.1, 0.15) is 38.1 Å². The first-order chi connectivity index (χ1) is 9.04. The molecule has 0 spiro atoms. The molecule has 0 amide bonds. The molecule has 0 fully saturated rings. The summed E-state index contributed by atoms with van der Waals surface area (Å²) in [7, 11) is 1.93. The summed E-state index contributed by atoms with van der Waals surface area (Å²) in [5.74, 6) is 2.07. The topological polar surface area (TPSA) is 55.6 Å². The second-order valence-electron chi connectivity index (χ2n) is 4.93. The highest BCUT2D eigenvalue weighted by Gasteiger charge is 2.16. The van der Waals surface area contributed by atoms with Gasteiger partial charge in [0.15, 0.2) is 0 Å². The molecule has 0 radical (unpaired) electrons. The minimum absolute atomic E-state index is 0.296. The van der Waals surface area contributed by atoms with E-state index in [4.69, 9.17) is 4.98 Å². The van der Waals surface area contributed by atoms with E-state index in [0.29, 0.717) is 5.92 Å². The van der Waals surface area contributed by atoms with E-state index in [0.717, 1.165) is 35.1 Å². The van der Waals surface area contributed by atoms with E-state index in [1.165, 1.54) is 0 Å². The zero-order valence-electron chi connectivity index (χ0n) is 12.2. The standard InChI is InChI=1S/C14H21N5/c1-6-15-14-10(4)12(11-7-8-16-19(11)5)17-13(18-14)9(2)3/h7-9H,6H2,1-5H3,(H,15,17,18). The summed E-state index contributed by atoms with van der Waals surface area (Å²) < 4.78 is 1.84. The predicted octanol–water partition coefficient (Wildman–Crippen LogP) is 2.74. The fourth-order valence-corrected chi connectivity index (χ4v) is 1.99. The van der Waals surface area contributed by atoms with Crippen molar-refractivity contribution in [2.45, 2.75) is 33.6 Å². The van der Waals surface area contributed by atoms with Gasteiger partial charge in [0.25, 0.3) is 0 Å². The molecule has 0 aliphatic carbocycles. The molecule has 0 atom stereocenters. The number of rotatable bonds is 4. The third-order valence-corrected chi connectivity index (χ3v) is 3.09. The Kier molecular flexibility index (Phi) is 3.83. The van der Waals surface area contributed by atoms with Gasteiger partial charge in [0.05, 0.1) is 11.4 Å². The van der Waals surface area contributed by atoms with Gasteiger partial charge in [0, 0.05) is 31.3 Å². The molecular formula is C14H21N5. The second kappa shape index (κ2) is 5.38. The summed E-state index contributed by atoms with van der Waals surface area (Å²) in [5, 5.41) is 7.53. The molecule has 102 valence electrons. The van der Waals surface area contributed by atoms with E-state index in [1.807, 2.05) is 24.7 Å². The molecule has 0 saturated carbocycles. The van der Waals surface area contributed by atoms with E-state index in [1.54, 1.807) is 6.20 Å². The molecule has 2 aromatic heterocycles. The molecule has 1 N–H and O–H groups in total. The van der Waals surface area contributed by atoms with Crippen molar-refractivity contribution < 1.29 is 0 Å². The monoisotopic (exact) mass is 259 g/mol. The molecule has 0 aliphatic rings. The summed E-state index contributed by atoms with van der Waals surface area (Å²) in [4.78, 5) is 9.32. The van der Waals surface area contributed by atoms with Crippen molar-refractivity contribution >= 4 is 5.82 Å². The average molecular weight is 259 g/mol. The van der Waals surface area contributed by atoms with Crippen LogP contribution in [0.25, 0.3) is 11.4 Å². The van der Waals surface area contributed by atoms with Gasteiger partial charge >= 0.3 is 0 Å². The molecular weight excluding hydrogens is 238 g/mol. The number of aromatic nitrogens is 4. The van der Waals surface area contributed by atoms with Gasteiger partial charge in [-0.15, -0.1) is 0 Å². The SMILES string of the molecule is CCNc1nc(C(C)C)nc(-c2ccnn2C)c1C. The Balaban J connectivity index is 2.62. The van der Waals surface area contributed by atoms with Gasteiger partial charge in [-0.25, -0.2) is 9.97 Å². The smallest absolute Gasteiger partial charge is 0.134 e. The van der Waals surface area contributed by atoms with E-state index in [-0.39, 0.29) is 0 Å². The van der Waals surface area contributed by atoms with Crippen LogP contribution in [0.5, 0.6) is 0 Å². The number of nitrogens with one attached hydrogen (secondary N) is 1. The third-order valence-electron chi connectivity index (χ3n) is 3.09. The largest absolute Gasteiger partial charge is 0.370 e. The highest BCUT2D eigenvalue weighted by atomic mass is 15.3. The Morgan fingerprint density at radius 1 is 1.32 bits per heavy atom. The van der Waals surface area contributed by atoms with Crippen LogP contribution >= 0.6 is 0 Å². The van der Waals surface area contributed by atoms with Crippen molar-refractivity contribution in [3.8, 4) is 11.4 Å². The van der Waals surface area contributed by atoms with E-state index in [2.05, 4.69) is 36.2 Å². The molecule has 0 saturated heterocycles. The van der Waals surface area contributed by atoms with Crippen molar-refractivity contribution in [3.63, 3.8) is 0 Å². The number of nitrogens with zero attached hydrogens (tertiary/aromatic N) is 4. The highest BCUT2D eigenvalue weighted by Crippen LogP contribution is 2.27. The Bertz CT molecular complexity index is 571. The van der Waals surface area contributed by atoms with Gasteiger partial charge in [-0.05, 0) is 19.9 Å². The molecule has 2 aromatic rings. The minimum atomic E-state index is 0.296. The lowest BCUT2D eigenvalue weighted by Gasteiger charge is -2.14. The molecule has 5 nitrogen and oxygen atoms in total. The molecule has 0 bridgehead atoms. The summed E-state index contributed by atoms with van der Waals surface area (Å²) in [5.41, 5.74) is 3.03. The summed E-state index contributed by atoms with van der Waals surface area (Å²) >= 11 is 0. The number of aryl methyl sites for hydroxylation is 1. The Labute approximate surface area is 114 Å². The van der Waals surface area contributed by atoms with Gasteiger partial charge in [-0.1, -0.05) is 13.8 Å². The molecule has 0 aliphatic heterocycles. The van der Waals surface area contributed by atoms with E-state index < -0.39 is 0 Å². The van der Waals surface area contributed by atoms with E-state index >= 15 is 0 Å². The predicted molar refractivity (Wildman–Crippen MR) is 77.2 cm³/mol. The minimum Gasteiger partial charge on any atom is -0.370 e. The number of anilines is 1. The molecule has 5 heteroatoms. The summed E-state index contributed by atoms with van der Waals surface area (Å²) in [6, 6.07) is 1.98. The molecule has 0 aromatic carbocycles. The van der Waals surface area contributed by atoms with Gasteiger partial charge in [0.2, 0.25) is 0 Å². The normalized spacial score (nSPS) is 11.1. The second-order valence-corrected chi connectivity index (χ2v) is 4.93. The van der Waals surface area contributed by atoms with Crippen molar-refractivity contribution in [1.29, 1.82) is 0 Å². The fourth-order valence-electron chi connectivity index (χ4n) is 1.99. The first-order valence-electron chi connectivity index (χ1n) is 6.65. The molecule has 0 unspecified atom stereocenters. The molecule has 2 rings (SSSR count). The lowest BCUT2D eigenvalue weighted by molar-refractivity contribution is 0.754. The van der Waals surface area contributed by atoms with Crippen molar-refractivity contribution in [2.75, 3.05) is 11.9 Å². The Morgan fingerprint density at radius 3 is 2.58 bits per heavy atom. The van der Waals surface area contributed by atoms with Crippen molar-refractivity contribution in [3.05, 3.63) is 23.7 Å². The Hall–Kier alpha value is -1.91. The maximum absolute atomic E-state index is 4.71. The molecule has 2 heterocycles.